The number of nitrogens with one attached hydrogen (secondary N) is 2. The molecule has 0 saturated heterocycles. The Morgan fingerprint density at radius 1 is 1.08 bits per heavy atom. The van der Waals surface area contributed by atoms with Crippen LogP contribution in [0.25, 0.3) is 0 Å². The van der Waals surface area contributed by atoms with Crippen molar-refractivity contribution in [2.75, 3.05) is 33.1 Å². The minimum Gasteiger partial charge on any atom is -0.497 e. The molecule has 134 valence electrons. The summed E-state index contributed by atoms with van der Waals surface area (Å²) in [6.07, 6.45) is 1.04. The molecular weight excluding hydrogens is 330 g/mol. The zero-order valence-corrected chi connectivity index (χ0v) is 16.2. The van der Waals surface area contributed by atoms with Gasteiger partial charge < -0.3 is 20.3 Å². The Bertz CT molecular complexity index is 668. The molecule has 2 aromatic rings. The summed E-state index contributed by atoms with van der Waals surface area (Å²) in [6, 6.07) is 16.7. The van der Waals surface area contributed by atoms with E-state index in [0.29, 0.717) is 5.11 Å². The van der Waals surface area contributed by atoms with E-state index >= 15 is 0 Å². The van der Waals surface area contributed by atoms with E-state index in [1.165, 1.54) is 11.1 Å². The predicted molar refractivity (Wildman–Crippen MR) is 109 cm³/mol. The average molecular weight is 358 g/mol. The fraction of sp³-hybridized carbons (Fsp3) is 0.350. The number of rotatable bonds is 7. The van der Waals surface area contributed by atoms with Gasteiger partial charge in [0.25, 0.3) is 0 Å². The van der Waals surface area contributed by atoms with Crippen LogP contribution in [0.1, 0.15) is 24.1 Å². The van der Waals surface area contributed by atoms with Gasteiger partial charge in [-0.25, -0.2) is 0 Å². The second-order valence-electron chi connectivity index (χ2n) is 6.14. The molecule has 5 heteroatoms. The summed E-state index contributed by atoms with van der Waals surface area (Å²) in [4.78, 5) is 2.17. The number of benzene rings is 2. The molecule has 2 N–H and O–H groups in total. The maximum atomic E-state index is 5.43. The molecule has 0 aliphatic rings. The first-order valence-electron chi connectivity index (χ1n) is 8.47. The van der Waals surface area contributed by atoms with Crippen molar-refractivity contribution in [3.05, 3.63) is 59.7 Å². The Morgan fingerprint density at radius 2 is 1.72 bits per heavy atom. The molecule has 25 heavy (non-hydrogen) atoms. The van der Waals surface area contributed by atoms with E-state index in [1.54, 1.807) is 7.11 Å². The molecule has 4 nitrogen and oxygen atoms in total. The molecule has 2 rings (SSSR count). The lowest BCUT2D eigenvalue weighted by molar-refractivity contribution is 0.299. The molecule has 0 bridgehead atoms. The lowest BCUT2D eigenvalue weighted by Crippen LogP contribution is -2.36. The van der Waals surface area contributed by atoms with Gasteiger partial charge in [0, 0.05) is 12.2 Å². The number of hydrogen-bond donors (Lipinski definition) is 2. The highest BCUT2D eigenvalue weighted by atomic mass is 32.1. The lowest BCUT2D eigenvalue weighted by Gasteiger charge is -2.26. The number of aryl methyl sites for hydroxylation is 1. The van der Waals surface area contributed by atoms with Crippen LogP contribution in [0.2, 0.25) is 0 Å². The maximum absolute atomic E-state index is 5.43. The molecule has 0 heterocycles. The zero-order chi connectivity index (χ0) is 18.2. The molecule has 1 atom stereocenters. The molecule has 0 spiro atoms. The van der Waals surface area contributed by atoms with E-state index in [0.717, 1.165) is 24.4 Å². The van der Waals surface area contributed by atoms with Gasteiger partial charge in [0.1, 0.15) is 5.75 Å². The van der Waals surface area contributed by atoms with E-state index in [9.17, 15) is 0 Å². The predicted octanol–water partition coefficient (Wildman–Crippen LogP) is 3.85. The zero-order valence-electron chi connectivity index (χ0n) is 15.4. The number of ether oxygens (including phenoxy) is 1. The quantitative estimate of drug-likeness (QED) is 0.736. The molecular formula is C20H27N3OS. The summed E-state index contributed by atoms with van der Waals surface area (Å²) >= 11 is 5.43. The summed E-state index contributed by atoms with van der Waals surface area (Å²) < 4.78 is 5.23. The van der Waals surface area contributed by atoms with Gasteiger partial charge in [-0.2, -0.15) is 0 Å². The Morgan fingerprint density at radius 3 is 2.24 bits per heavy atom. The van der Waals surface area contributed by atoms with Crippen molar-refractivity contribution in [1.82, 2.24) is 10.2 Å². The van der Waals surface area contributed by atoms with Crippen LogP contribution in [-0.4, -0.2) is 37.8 Å². The third-order valence-corrected chi connectivity index (χ3v) is 4.45. The van der Waals surface area contributed by atoms with Crippen LogP contribution in [0.15, 0.2) is 48.5 Å². The van der Waals surface area contributed by atoms with Crippen molar-refractivity contribution >= 4 is 23.0 Å². The first-order valence-corrected chi connectivity index (χ1v) is 8.88. The van der Waals surface area contributed by atoms with Gasteiger partial charge in [-0.1, -0.05) is 31.2 Å². The number of thiocarbonyl (C=S) groups is 1. The third kappa shape index (κ3) is 5.73. The first-order chi connectivity index (χ1) is 12.0. The molecule has 0 radical (unpaired) electrons. The van der Waals surface area contributed by atoms with Gasteiger partial charge in [-0.05, 0) is 68.1 Å². The lowest BCUT2D eigenvalue weighted by atomic mass is 10.1. The standard InChI is InChI=1S/C20H27N3OS/c1-5-15-6-10-17(11-7-15)22-20(25)21-14-19(23(2)3)16-8-12-18(24-4)13-9-16/h6-13,19H,5,14H2,1-4H3,(H2,21,22,25)/t19-/m0/s1. The van der Waals surface area contributed by atoms with Crippen molar-refractivity contribution in [1.29, 1.82) is 0 Å². The monoisotopic (exact) mass is 357 g/mol. The van der Waals surface area contributed by atoms with E-state index < -0.39 is 0 Å². The van der Waals surface area contributed by atoms with E-state index in [2.05, 4.69) is 73.0 Å². The van der Waals surface area contributed by atoms with Crippen LogP contribution in [0.4, 0.5) is 5.69 Å². The molecule has 0 amide bonds. The Hall–Kier alpha value is -2.11. The largest absolute Gasteiger partial charge is 0.497 e. The van der Waals surface area contributed by atoms with Crippen molar-refractivity contribution in [3.8, 4) is 5.75 Å². The molecule has 0 aliphatic carbocycles. The van der Waals surface area contributed by atoms with Crippen molar-refractivity contribution in [3.63, 3.8) is 0 Å². The fourth-order valence-electron chi connectivity index (χ4n) is 2.61. The number of anilines is 1. The van der Waals surface area contributed by atoms with Gasteiger partial charge in [0.15, 0.2) is 5.11 Å². The molecule has 0 saturated carbocycles. The third-order valence-electron chi connectivity index (χ3n) is 4.20. The molecule has 2 aromatic carbocycles. The van der Waals surface area contributed by atoms with Crippen molar-refractivity contribution in [2.45, 2.75) is 19.4 Å². The Kier molecular flexibility index (Phi) is 7.22. The van der Waals surface area contributed by atoms with Gasteiger partial charge in [-0.15, -0.1) is 0 Å². The van der Waals surface area contributed by atoms with Crippen LogP contribution < -0.4 is 15.4 Å². The Balaban J connectivity index is 1.93. The average Bonchev–Trinajstić information content (AvgIpc) is 2.62. The minimum atomic E-state index is 0.216. The van der Waals surface area contributed by atoms with E-state index in [-0.39, 0.29) is 6.04 Å². The number of hydrogen-bond acceptors (Lipinski definition) is 3. The van der Waals surface area contributed by atoms with Crippen molar-refractivity contribution < 1.29 is 4.74 Å². The smallest absolute Gasteiger partial charge is 0.170 e. The number of nitrogens with zero attached hydrogens (tertiary/aromatic N) is 1. The van der Waals surface area contributed by atoms with Gasteiger partial charge in [-0.3, -0.25) is 0 Å². The highest BCUT2D eigenvalue weighted by Crippen LogP contribution is 2.20. The molecule has 0 unspecified atom stereocenters. The normalized spacial score (nSPS) is 11.9. The SMILES string of the molecule is CCc1ccc(NC(=S)NC[C@@H](c2ccc(OC)cc2)N(C)C)cc1. The summed E-state index contributed by atoms with van der Waals surface area (Å²) in [7, 11) is 5.81. The number of methoxy groups -OCH3 is 1. The highest BCUT2D eigenvalue weighted by Gasteiger charge is 2.14. The van der Waals surface area contributed by atoms with Crippen molar-refractivity contribution in [2.24, 2.45) is 0 Å². The summed E-state index contributed by atoms with van der Waals surface area (Å²) in [5.41, 5.74) is 3.53. The van der Waals surface area contributed by atoms with Gasteiger partial charge in [0.2, 0.25) is 0 Å². The maximum Gasteiger partial charge on any atom is 0.170 e. The highest BCUT2D eigenvalue weighted by molar-refractivity contribution is 7.80. The van der Waals surface area contributed by atoms with Crippen LogP contribution >= 0.6 is 12.2 Å². The summed E-state index contributed by atoms with van der Waals surface area (Å²) in [5.74, 6) is 0.863. The minimum absolute atomic E-state index is 0.216. The number of likely N-dealkylation sites (N-methyl/N-ethyl adjacent to an activating group) is 1. The molecule has 0 fully saturated rings. The first kappa shape index (κ1) is 19.2. The van der Waals surface area contributed by atoms with Crippen LogP contribution in [0, 0.1) is 0 Å². The fourth-order valence-corrected chi connectivity index (χ4v) is 2.81. The van der Waals surface area contributed by atoms with Crippen LogP contribution in [-0.2, 0) is 6.42 Å². The summed E-state index contributed by atoms with van der Waals surface area (Å²) in [5, 5.41) is 7.18. The van der Waals surface area contributed by atoms with Gasteiger partial charge >= 0.3 is 0 Å². The topological polar surface area (TPSA) is 36.5 Å². The van der Waals surface area contributed by atoms with Crippen LogP contribution in [0.3, 0.4) is 0 Å². The second-order valence-corrected chi connectivity index (χ2v) is 6.55. The van der Waals surface area contributed by atoms with E-state index in [1.807, 2.05) is 12.1 Å². The Labute approximate surface area is 156 Å². The second kappa shape index (κ2) is 9.39. The van der Waals surface area contributed by atoms with Crippen LogP contribution in [0.5, 0.6) is 5.75 Å². The van der Waals surface area contributed by atoms with Gasteiger partial charge in [0.05, 0.1) is 13.2 Å². The molecule has 0 aliphatic heterocycles. The molecule has 0 aromatic heterocycles. The summed E-state index contributed by atoms with van der Waals surface area (Å²) in [6.45, 7) is 2.87. The van der Waals surface area contributed by atoms with E-state index in [4.69, 9.17) is 17.0 Å².